The number of hydrogen-bond donors (Lipinski definition) is 2. The molecule has 0 spiro atoms. The molecule has 1 rings (SSSR count). The summed E-state index contributed by atoms with van der Waals surface area (Å²) in [6, 6.07) is 1.12. The average molecular weight is 315 g/mol. The Kier molecular flexibility index (Phi) is 8.33. The van der Waals surface area contributed by atoms with Gasteiger partial charge in [-0.15, -0.1) is 0 Å². The molecule has 0 aromatic carbocycles. The third kappa shape index (κ3) is 9.78. The van der Waals surface area contributed by atoms with E-state index in [0.29, 0.717) is 12.1 Å². The molecule has 0 amide bonds. The maximum atomic E-state index is 5.79. The van der Waals surface area contributed by atoms with E-state index < -0.39 is 0 Å². The van der Waals surface area contributed by atoms with E-state index in [1.54, 1.807) is 0 Å². The number of nitrogens with one attached hydrogen (secondary N) is 2. The van der Waals surface area contributed by atoms with Gasteiger partial charge in [0.2, 0.25) is 0 Å². The van der Waals surface area contributed by atoms with Crippen molar-refractivity contribution in [2.45, 2.75) is 90.5 Å². The standard InChI is InChI=1S/C18H38N2O2/c1-17(2,3)21-13-11-19-15-9-7-8-10-16(15)20-12-14-22-18(4,5)6/h15-16,19-20H,7-14H2,1-6H3/t15-,16-/m1/s1. The van der Waals surface area contributed by atoms with Crippen LogP contribution in [0.15, 0.2) is 0 Å². The Bertz CT molecular complexity index is 264. The minimum absolute atomic E-state index is 0.0454. The fraction of sp³-hybridized carbons (Fsp3) is 1.00. The average Bonchev–Trinajstić information content (AvgIpc) is 2.39. The molecule has 22 heavy (non-hydrogen) atoms. The molecule has 0 aliphatic heterocycles. The van der Waals surface area contributed by atoms with Gasteiger partial charge in [0.05, 0.1) is 24.4 Å². The van der Waals surface area contributed by atoms with Gasteiger partial charge in [-0.05, 0) is 54.4 Å². The summed E-state index contributed by atoms with van der Waals surface area (Å²) in [6.45, 7) is 16.0. The Labute approximate surface area is 137 Å². The molecule has 0 unspecified atom stereocenters. The molecular formula is C18H38N2O2. The van der Waals surface area contributed by atoms with E-state index in [2.05, 4.69) is 52.2 Å². The zero-order valence-corrected chi connectivity index (χ0v) is 15.6. The van der Waals surface area contributed by atoms with Crippen molar-refractivity contribution in [2.24, 2.45) is 0 Å². The van der Waals surface area contributed by atoms with E-state index in [-0.39, 0.29) is 11.2 Å². The largest absolute Gasteiger partial charge is 0.375 e. The number of ether oxygens (including phenoxy) is 2. The van der Waals surface area contributed by atoms with E-state index in [0.717, 1.165) is 26.3 Å². The molecular weight excluding hydrogens is 276 g/mol. The first kappa shape index (κ1) is 19.9. The van der Waals surface area contributed by atoms with Gasteiger partial charge in [0.15, 0.2) is 0 Å². The van der Waals surface area contributed by atoms with Crippen LogP contribution >= 0.6 is 0 Å². The highest BCUT2D eigenvalue weighted by molar-refractivity contribution is 4.86. The van der Waals surface area contributed by atoms with Gasteiger partial charge in [-0.3, -0.25) is 0 Å². The topological polar surface area (TPSA) is 42.5 Å². The third-order valence-electron chi connectivity index (χ3n) is 3.85. The summed E-state index contributed by atoms with van der Waals surface area (Å²) < 4.78 is 11.6. The van der Waals surface area contributed by atoms with E-state index >= 15 is 0 Å². The molecule has 0 radical (unpaired) electrons. The Morgan fingerprint density at radius 1 is 0.727 bits per heavy atom. The van der Waals surface area contributed by atoms with Crippen molar-refractivity contribution in [3.8, 4) is 0 Å². The summed E-state index contributed by atoms with van der Waals surface area (Å²) in [5.41, 5.74) is -0.0909. The van der Waals surface area contributed by atoms with Crippen LogP contribution < -0.4 is 10.6 Å². The molecule has 1 aliphatic rings. The molecule has 0 aromatic heterocycles. The molecule has 4 heteroatoms. The highest BCUT2D eigenvalue weighted by Crippen LogP contribution is 2.18. The maximum absolute atomic E-state index is 5.79. The fourth-order valence-electron chi connectivity index (χ4n) is 2.82. The summed E-state index contributed by atoms with van der Waals surface area (Å²) in [7, 11) is 0. The van der Waals surface area contributed by atoms with Crippen molar-refractivity contribution in [3.05, 3.63) is 0 Å². The van der Waals surface area contributed by atoms with Gasteiger partial charge >= 0.3 is 0 Å². The quantitative estimate of drug-likeness (QED) is 0.676. The van der Waals surface area contributed by atoms with Crippen molar-refractivity contribution in [3.63, 3.8) is 0 Å². The highest BCUT2D eigenvalue weighted by Gasteiger charge is 2.24. The normalized spacial score (nSPS) is 23.7. The highest BCUT2D eigenvalue weighted by atomic mass is 16.5. The lowest BCUT2D eigenvalue weighted by Gasteiger charge is -2.34. The first-order valence-corrected chi connectivity index (χ1v) is 8.92. The molecule has 2 N–H and O–H groups in total. The Morgan fingerprint density at radius 3 is 1.41 bits per heavy atom. The van der Waals surface area contributed by atoms with Gasteiger partial charge in [-0.1, -0.05) is 12.8 Å². The molecule has 0 heterocycles. The van der Waals surface area contributed by atoms with Gasteiger partial charge in [-0.2, -0.15) is 0 Å². The summed E-state index contributed by atoms with van der Waals surface area (Å²) in [4.78, 5) is 0. The maximum Gasteiger partial charge on any atom is 0.0599 e. The molecule has 1 saturated carbocycles. The number of rotatable bonds is 8. The predicted octanol–water partition coefficient (Wildman–Crippen LogP) is 3.11. The first-order chi connectivity index (χ1) is 10.2. The van der Waals surface area contributed by atoms with Crippen LogP contribution in [0, 0.1) is 0 Å². The molecule has 1 aliphatic carbocycles. The van der Waals surface area contributed by atoms with Crippen LogP contribution in [0.25, 0.3) is 0 Å². The van der Waals surface area contributed by atoms with Crippen LogP contribution in [0.5, 0.6) is 0 Å². The minimum Gasteiger partial charge on any atom is -0.375 e. The second-order valence-electron chi connectivity index (χ2n) is 8.33. The lowest BCUT2D eigenvalue weighted by molar-refractivity contribution is -0.00504. The Hall–Kier alpha value is -0.160. The molecule has 4 nitrogen and oxygen atoms in total. The van der Waals surface area contributed by atoms with Crippen LogP contribution in [0.2, 0.25) is 0 Å². The van der Waals surface area contributed by atoms with E-state index in [9.17, 15) is 0 Å². The second kappa shape index (κ2) is 9.21. The lowest BCUT2D eigenvalue weighted by Crippen LogP contribution is -2.51. The predicted molar refractivity (Wildman–Crippen MR) is 93.5 cm³/mol. The van der Waals surface area contributed by atoms with Crippen LogP contribution in [-0.4, -0.2) is 49.6 Å². The van der Waals surface area contributed by atoms with Crippen molar-refractivity contribution in [2.75, 3.05) is 26.3 Å². The summed E-state index contributed by atoms with van der Waals surface area (Å²) in [5, 5.41) is 7.35. The van der Waals surface area contributed by atoms with E-state index in [4.69, 9.17) is 9.47 Å². The van der Waals surface area contributed by atoms with Gasteiger partial charge in [0, 0.05) is 25.2 Å². The molecule has 132 valence electrons. The minimum atomic E-state index is -0.0454. The van der Waals surface area contributed by atoms with E-state index in [1.807, 2.05) is 0 Å². The van der Waals surface area contributed by atoms with Crippen molar-refractivity contribution < 1.29 is 9.47 Å². The smallest absolute Gasteiger partial charge is 0.0599 e. The zero-order valence-electron chi connectivity index (χ0n) is 15.6. The third-order valence-corrected chi connectivity index (χ3v) is 3.85. The van der Waals surface area contributed by atoms with Gasteiger partial charge in [0.1, 0.15) is 0 Å². The van der Waals surface area contributed by atoms with Gasteiger partial charge in [0.25, 0.3) is 0 Å². The lowest BCUT2D eigenvalue weighted by atomic mass is 9.90. The van der Waals surface area contributed by atoms with Crippen LogP contribution in [-0.2, 0) is 9.47 Å². The molecule has 2 atom stereocenters. The van der Waals surface area contributed by atoms with Crippen molar-refractivity contribution in [1.82, 2.24) is 10.6 Å². The van der Waals surface area contributed by atoms with Crippen LogP contribution in [0.4, 0.5) is 0 Å². The van der Waals surface area contributed by atoms with Crippen LogP contribution in [0.1, 0.15) is 67.2 Å². The van der Waals surface area contributed by atoms with Gasteiger partial charge in [-0.25, -0.2) is 0 Å². The van der Waals surface area contributed by atoms with E-state index in [1.165, 1.54) is 25.7 Å². The molecule has 0 aromatic rings. The van der Waals surface area contributed by atoms with Crippen molar-refractivity contribution >= 4 is 0 Å². The SMILES string of the molecule is CC(C)(C)OCCN[C@@H]1CCCC[C@H]1NCCOC(C)(C)C. The first-order valence-electron chi connectivity index (χ1n) is 8.92. The molecule has 1 fully saturated rings. The van der Waals surface area contributed by atoms with Crippen molar-refractivity contribution in [1.29, 1.82) is 0 Å². The summed E-state index contributed by atoms with van der Waals surface area (Å²) in [5.74, 6) is 0. The Balaban J connectivity index is 2.22. The van der Waals surface area contributed by atoms with Gasteiger partial charge < -0.3 is 20.1 Å². The fourth-order valence-corrected chi connectivity index (χ4v) is 2.82. The second-order valence-corrected chi connectivity index (χ2v) is 8.33. The molecule has 0 bridgehead atoms. The summed E-state index contributed by atoms with van der Waals surface area (Å²) >= 11 is 0. The Morgan fingerprint density at radius 2 is 1.09 bits per heavy atom. The molecule has 0 saturated heterocycles. The number of hydrogen-bond acceptors (Lipinski definition) is 4. The summed E-state index contributed by atoms with van der Waals surface area (Å²) in [6.07, 6.45) is 5.17. The monoisotopic (exact) mass is 314 g/mol. The van der Waals surface area contributed by atoms with Crippen LogP contribution in [0.3, 0.4) is 0 Å². The zero-order chi connectivity index (χ0) is 16.6.